The van der Waals surface area contributed by atoms with E-state index < -0.39 is 6.10 Å². The van der Waals surface area contributed by atoms with E-state index >= 15 is 0 Å². The second-order valence-electron chi connectivity index (χ2n) is 3.47. The van der Waals surface area contributed by atoms with Gasteiger partial charge in [0.25, 0.3) is 0 Å². The minimum absolute atomic E-state index is 0.181. The van der Waals surface area contributed by atoms with Crippen molar-refractivity contribution in [3.63, 3.8) is 0 Å². The number of aryl methyl sites for hydroxylation is 1. The van der Waals surface area contributed by atoms with Gasteiger partial charge in [-0.15, -0.1) is 11.3 Å². The van der Waals surface area contributed by atoms with Gasteiger partial charge < -0.3 is 16.2 Å². The Balaban J connectivity index is 2.56. The van der Waals surface area contributed by atoms with E-state index in [4.69, 9.17) is 5.73 Å². The van der Waals surface area contributed by atoms with Crippen molar-refractivity contribution in [2.45, 2.75) is 25.5 Å². The van der Waals surface area contributed by atoms with Crippen LogP contribution in [0.4, 0.5) is 0 Å². The maximum atomic E-state index is 9.94. The van der Waals surface area contributed by atoms with Crippen LogP contribution in [0.3, 0.4) is 0 Å². The van der Waals surface area contributed by atoms with Crippen molar-refractivity contribution in [2.24, 2.45) is 5.73 Å². The molecule has 0 saturated heterocycles. The summed E-state index contributed by atoms with van der Waals surface area (Å²) >= 11 is 1.57. The summed E-state index contributed by atoms with van der Waals surface area (Å²) in [6, 6.07) is 1.83. The molecule has 1 rings (SSSR count). The molecule has 0 saturated carbocycles. The summed E-state index contributed by atoms with van der Waals surface area (Å²) in [5.74, 6) is 0. The molecule has 2 unspecified atom stereocenters. The van der Waals surface area contributed by atoms with E-state index in [0.717, 1.165) is 23.4 Å². The molecule has 0 aromatic carbocycles. The Morgan fingerprint density at radius 3 is 2.86 bits per heavy atom. The summed E-state index contributed by atoms with van der Waals surface area (Å²) in [6.45, 7) is 2.84. The Bertz CT molecular complexity index is 275. The zero-order chi connectivity index (χ0) is 10.6. The highest BCUT2D eigenvalue weighted by Crippen LogP contribution is 2.26. The molecule has 1 aromatic heterocycles. The standard InChI is InChI=1S/C10H18N2OS/c1-7-4-6-14-10(7)9(13)8(11)3-5-12-2/h4,6,8-9,12-13H,3,5,11H2,1-2H3. The van der Waals surface area contributed by atoms with Crippen LogP contribution in [0.25, 0.3) is 0 Å². The summed E-state index contributed by atoms with van der Waals surface area (Å²) in [6.07, 6.45) is 0.262. The molecule has 0 aliphatic carbocycles. The summed E-state index contributed by atoms with van der Waals surface area (Å²) in [7, 11) is 1.88. The quantitative estimate of drug-likeness (QED) is 0.686. The Labute approximate surface area is 88.9 Å². The number of hydrogen-bond acceptors (Lipinski definition) is 4. The largest absolute Gasteiger partial charge is 0.386 e. The predicted octanol–water partition coefficient (Wildman–Crippen LogP) is 1.03. The van der Waals surface area contributed by atoms with Crippen LogP contribution in [-0.2, 0) is 0 Å². The first-order valence-corrected chi connectivity index (χ1v) is 5.67. The highest BCUT2D eigenvalue weighted by Gasteiger charge is 2.18. The lowest BCUT2D eigenvalue weighted by molar-refractivity contribution is 0.145. The molecule has 14 heavy (non-hydrogen) atoms. The molecule has 0 spiro atoms. The van der Waals surface area contributed by atoms with E-state index in [1.807, 2.05) is 25.4 Å². The lowest BCUT2D eigenvalue weighted by atomic mass is 10.1. The second kappa shape index (κ2) is 5.46. The third kappa shape index (κ3) is 2.78. The van der Waals surface area contributed by atoms with Crippen LogP contribution in [-0.4, -0.2) is 24.7 Å². The number of thiophene rings is 1. The molecule has 80 valence electrons. The van der Waals surface area contributed by atoms with Gasteiger partial charge in [-0.05, 0) is 43.9 Å². The predicted molar refractivity (Wildman–Crippen MR) is 60.5 cm³/mol. The van der Waals surface area contributed by atoms with Crippen molar-refractivity contribution in [3.05, 3.63) is 21.9 Å². The normalized spacial score (nSPS) is 15.4. The highest BCUT2D eigenvalue weighted by atomic mass is 32.1. The van der Waals surface area contributed by atoms with Gasteiger partial charge in [-0.3, -0.25) is 0 Å². The van der Waals surface area contributed by atoms with Crippen LogP contribution < -0.4 is 11.1 Å². The fraction of sp³-hybridized carbons (Fsp3) is 0.600. The Kier molecular flexibility index (Phi) is 4.54. The van der Waals surface area contributed by atoms with Gasteiger partial charge in [0.1, 0.15) is 6.10 Å². The van der Waals surface area contributed by atoms with Gasteiger partial charge in [0.15, 0.2) is 0 Å². The number of rotatable bonds is 5. The van der Waals surface area contributed by atoms with Crippen LogP contribution in [0.2, 0.25) is 0 Å². The Hall–Kier alpha value is -0.420. The smallest absolute Gasteiger partial charge is 0.103 e. The average Bonchev–Trinajstić information content (AvgIpc) is 2.59. The molecular weight excluding hydrogens is 196 g/mol. The lowest BCUT2D eigenvalue weighted by Crippen LogP contribution is -2.31. The SMILES string of the molecule is CNCCC(N)C(O)c1sccc1C. The van der Waals surface area contributed by atoms with Crippen molar-refractivity contribution < 1.29 is 5.11 Å². The fourth-order valence-electron chi connectivity index (χ4n) is 1.35. The van der Waals surface area contributed by atoms with Crippen LogP contribution in [0.15, 0.2) is 11.4 Å². The van der Waals surface area contributed by atoms with Gasteiger partial charge in [0.2, 0.25) is 0 Å². The number of aliphatic hydroxyl groups excluding tert-OH is 1. The van der Waals surface area contributed by atoms with Crippen LogP contribution in [0.5, 0.6) is 0 Å². The van der Waals surface area contributed by atoms with Gasteiger partial charge in [-0.25, -0.2) is 0 Å². The minimum atomic E-state index is -0.525. The summed E-state index contributed by atoms with van der Waals surface area (Å²) in [5, 5.41) is 15.0. The molecule has 0 aliphatic rings. The van der Waals surface area contributed by atoms with Crippen molar-refractivity contribution in [3.8, 4) is 0 Å². The van der Waals surface area contributed by atoms with Crippen LogP contribution >= 0.6 is 11.3 Å². The van der Waals surface area contributed by atoms with Gasteiger partial charge in [-0.2, -0.15) is 0 Å². The Morgan fingerprint density at radius 1 is 1.64 bits per heavy atom. The zero-order valence-corrected chi connectivity index (χ0v) is 9.47. The molecule has 0 fully saturated rings. The Morgan fingerprint density at radius 2 is 2.36 bits per heavy atom. The first-order chi connectivity index (χ1) is 6.66. The van der Waals surface area contributed by atoms with E-state index in [2.05, 4.69) is 5.32 Å². The molecule has 0 bridgehead atoms. The molecule has 0 radical (unpaired) electrons. The molecule has 0 aliphatic heterocycles. The molecule has 2 atom stereocenters. The van der Waals surface area contributed by atoms with Gasteiger partial charge in [0, 0.05) is 10.9 Å². The van der Waals surface area contributed by atoms with E-state index in [0.29, 0.717) is 0 Å². The van der Waals surface area contributed by atoms with Crippen molar-refractivity contribution in [2.75, 3.05) is 13.6 Å². The van der Waals surface area contributed by atoms with Crippen LogP contribution in [0, 0.1) is 6.92 Å². The van der Waals surface area contributed by atoms with Crippen LogP contribution in [0.1, 0.15) is 23.0 Å². The molecule has 3 nitrogen and oxygen atoms in total. The third-order valence-corrected chi connectivity index (χ3v) is 3.39. The maximum Gasteiger partial charge on any atom is 0.103 e. The monoisotopic (exact) mass is 214 g/mol. The van der Waals surface area contributed by atoms with E-state index in [9.17, 15) is 5.11 Å². The van der Waals surface area contributed by atoms with E-state index in [1.54, 1.807) is 11.3 Å². The maximum absolute atomic E-state index is 9.94. The number of nitrogens with two attached hydrogens (primary N) is 1. The average molecular weight is 214 g/mol. The lowest BCUT2D eigenvalue weighted by Gasteiger charge is -2.18. The number of nitrogens with one attached hydrogen (secondary N) is 1. The molecule has 4 heteroatoms. The first kappa shape index (κ1) is 11.7. The first-order valence-electron chi connectivity index (χ1n) is 4.79. The van der Waals surface area contributed by atoms with Gasteiger partial charge in [-0.1, -0.05) is 0 Å². The third-order valence-electron chi connectivity index (χ3n) is 2.30. The number of aliphatic hydroxyl groups is 1. The summed E-state index contributed by atoms with van der Waals surface area (Å²) in [5.41, 5.74) is 7.01. The van der Waals surface area contributed by atoms with Crippen molar-refractivity contribution in [1.82, 2.24) is 5.32 Å². The molecular formula is C10H18N2OS. The molecule has 1 aromatic rings. The molecule has 0 amide bonds. The molecule has 4 N–H and O–H groups in total. The van der Waals surface area contributed by atoms with Gasteiger partial charge in [0.05, 0.1) is 0 Å². The van der Waals surface area contributed by atoms with Gasteiger partial charge >= 0.3 is 0 Å². The number of hydrogen-bond donors (Lipinski definition) is 3. The fourth-order valence-corrected chi connectivity index (χ4v) is 2.34. The second-order valence-corrected chi connectivity index (χ2v) is 4.42. The molecule has 1 heterocycles. The topological polar surface area (TPSA) is 58.3 Å². The zero-order valence-electron chi connectivity index (χ0n) is 8.66. The minimum Gasteiger partial charge on any atom is -0.386 e. The van der Waals surface area contributed by atoms with Crippen molar-refractivity contribution >= 4 is 11.3 Å². The summed E-state index contributed by atoms with van der Waals surface area (Å²) in [4.78, 5) is 0.994. The highest BCUT2D eigenvalue weighted by molar-refractivity contribution is 7.10. The van der Waals surface area contributed by atoms with E-state index in [1.165, 1.54) is 0 Å². The summed E-state index contributed by atoms with van der Waals surface area (Å²) < 4.78 is 0. The van der Waals surface area contributed by atoms with Crippen molar-refractivity contribution in [1.29, 1.82) is 0 Å². The van der Waals surface area contributed by atoms with E-state index in [-0.39, 0.29) is 6.04 Å².